The molecular weight excluding hydrogens is 252 g/mol. The molecule has 2 nitrogen and oxygen atoms in total. The summed E-state index contributed by atoms with van der Waals surface area (Å²) in [5, 5.41) is 5.18. The summed E-state index contributed by atoms with van der Waals surface area (Å²) in [5.41, 5.74) is 1.42. The molecule has 0 amide bonds. The van der Waals surface area contributed by atoms with E-state index in [1.807, 2.05) is 11.3 Å². The number of nitrogens with one attached hydrogen (secondary N) is 1. The molecule has 3 heteroatoms. The van der Waals surface area contributed by atoms with E-state index in [4.69, 9.17) is 4.98 Å². The van der Waals surface area contributed by atoms with E-state index in [2.05, 4.69) is 19.2 Å². The molecular formula is C16H26N2S. The van der Waals surface area contributed by atoms with Crippen molar-refractivity contribution in [3.8, 4) is 0 Å². The third kappa shape index (κ3) is 3.03. The van der Waals surface area contributed by atoms with Gasteiger partial charge in [-0.3, -0.25) is 0 Å². The van der Waals surface area contributed by atoms with Crippen LogP contribution >= 0.6 is 11.3 Å². The van der Waals surface area contributed by atoms with Crippen LogP contribution in [0.25, 0.3) is 0 Å². The van der Waals surface area contributed by atoms with E-state index in [0.717, 1.165) is 5.92 Å². The third-order valence-electron chi connectivity index (χ3n) is 4.51. The van der Waals surface area contributed by atoms with Gasteiger partial charge >= 0.3 is 0 Å². The smallest absolute Gasteiger partial charge is 0.110 e. The second-order valence-corrected chi connectivity index (χ2v) is 7.59. The van der Waals surface area contributed by atoms with Crippen LogP contribution < -0.4 is 5.32 Å². The predicted molar refractivity (Wildman–Crippen MR) is 81.7 cm³/mol. The molecule has 1 N–H and O–H groups in total. The first-order valence-electron chi connectivity index (χ1n) is 7.98. The fraction of sp³-hybridized carbons (Fsp3) is 0.812. The lowest BCUT2D eigenvalue weighted by molar-refractivity contribution is 0.342. The van der Waals surface area contributed by atoms with E-state index in [9.17, 15) is 0 Å². The Labute approximate surface area is 121 Å². The number of thiazole rings is 1. The second-order valence-electron chi connectivity index (χ2n) is 6.47. The molecule has 1 aromatic heterocycles. The van der Waals surface area contributed by atoms with Gasteiger partial charge in [0.1, 0.15) is 5.01 Å². The summed E-state index contributed by atoms with van der Waals surface area (Å²) in [7, 11) is 0. The van der Waals surface area contributed by atoms with Crippen molar-refractivity contribution in [1.82, 2.24) is 10.3 Å². The molecule has 1 atom stereocenters. The average Bonchev–Trinajstić information content (AvgIpc) is 3.04. The molecule has 1 unspecified atom stereocenters. The first-order chi connectivity index (χ1) is 9.24. The van der Waals surface area contributed by atoms with Crippen molar-refractivity contribution in [2.24, 2.45) is 5.92 Å². The van der Waals surface area contributed by atoms with Crippen LogP contribution in [0.2, 0.25) is 0 Å². The highest BCUT2D eigenvalue weighted by atomic mass is 32.1. The Hall–Kier alpha value is -0.410. The Bertz CT molecular complexity index is 395. The largest absolute Gasteiger partial charge is 0.305 e. The van der Waals surface area contributed by atoms with Crippen LogP contribution in [0.3, 0.4) is 0 Å². The van der Waals surface area contributed by atoms with Gasteiger partial charge in [0.05, 0.1) is 11.7 Å². The average molecular weight is 278 g/mol. The van der Waals surface area contributed by atoms with Gasteiger partial charge in [-0.1, -0.05) is 26.7 Å². The maximum atomic E-state index is 5.00. The lowest BCUT2D eigenvalue weighted by Crippen LogP contribution is -2.32. The normalized spacial score (nSPS) is 21.8. The van der Waals surface area contributed by atoms with Crippen molar-refractivity contribution in [3.05, 3.63) is 15.6 Å². The number of hydrogen-bond donors (Lipinski definition) is 1. The quantitative estimate of drug-likeness (QED) is 0.890. The summed E-state index contributed by atoms with van der Waals surface area (Å²) in [5.74, 6) is 0.815. The highest BCUT2D eigenvalue weighted by Crippen LogP contribution is 2.39. The SMILES string of the molecule is CC(C)NC(c1nc2c(s1)CCCC2)C1CCCC1. The topological polar surface area (TPSA) is 24.9 Å². The van der Waals surface area contributed by atoms with E-state index in [-0.39, 0.29) is 0 Å². The number of rotatable bonds is 4. The van der Waals surface area contributed by atoms with Crippen molar-refractivity contribution < 1.29 is 0 Å². The van der Waals surface area contributed by atoms with E-state index in [0.29, 0.717) is 12.1 Å². The highest BCUT2D eigenvalue weighted by molar-refractivity contribution is 7.11. The van der Waals surface area contributed by atoms with Crippen LogP contribution in [0.1, 0.15) is 74.0 Å². The lowest BCUT2D eigenvalue weighted by Gasteiger charge is -2.25. The Morgan fingerprint density at radius 3 is 2.53 bits per heavy atom. The van der Waals surface area contributed by atoms with E-state index < -0.39 is 0 Å². The van der Waals surface area contributed by atoms with Gasteiger partial charge in [-0.15, -0.1) is 11.3 Å². The minimum absolute atomic E-state index is 0.512. The van der Waals surface area contributed by atoms with E-state index in [1.54, 1.807) is 4.88 Å². The van der Waals surface area contributed by atoms with Crippen molar-refractivity contribution >= 4 is 11.3 Å². The van der Waals surface area contributed by atoms with Gasteiger partial charge < -0.3 is 5.32 Å². The van der Waals surface area contributed by atoms with Crippen molar-refractivity contribution in [3.63, 3.8) is 0 Å². The molecule has 19 heavy (non-hydrogen) atoms. The third-order valence-corrected chi connectivity index (χ3v) is 5.75. The molecule has 1 heterocycles. The Balaban J connectivity index is 1.83. The van der Waals surface area contributed by atoms with Crippen molar-refractivity contribution in [1.29, 1.82) is 0 Å². The molecule has 1 saturated carbocycles. The number of nitrogens with zero attached hydrogens (tertiary/aromatic N) is 1. The van der Waals surface area contributed by atoms with Gasteiger partial charge in [-0.25, -0.2) is 4.98 Å². The lowest BCUT2D eigenvalue weighted by atomic mass is 9.97. The maximum Gasteiger partial charge on any atom is 0.110 e. The molecule has 2 aliphatic carbocycles. The zero-order valence-electron chi connectivity index (χ0n) is 12.2. The van der Waals surface area contributed by atoms with Crippen LogP contribution in [-0.4, -0.2) is 11.0 Å². The number of aromatic nitrogens is 1. The zero-order valence-corrected chi connectivity index (χ0v) is 13.1. The highest BCUT2D eigenvalue weighted by Gasteiger charge is 2.30. The van der Waals surface area contributed by atoms with Gasteiger partial charge in [0.25, 0.3) is 0 Å². The predicted octanol–water partition coefficient (Wildman–Crippen LogP) is 4.25. The van der Waals surface area contributed by atoms with E-state index >= 15 is 0 Å². The summed E-state index contributed by atoms with van der Waals surface area (Å²) in [6, 6.07) is 1.06. The monoisotopic (exact) mass is 278 g/mol. The Morgan fingerprint density at radius 1 is 1.11 bits per heavy atom. The Kier molecular flexibility index (Phi) is 4.23. The zero-order chi connectivity index (χ0) is 13.2. The summed E-state index contributed by atoms with van der Waals surface area (Å²) >= 11 is 2.00. The number of fused-ring (bicyclic) bond motifs is 1. The summed E-state index contributed by atoms with van der Waals surface area (Å²) in [6.45, 7) is 4.52. The fourth-order valence-electron chi connectivity index (χ4n) is 3.56. The molecule has 0 spiro atoms. The van der Waals surface area contributed by atoms with Crippen molar-refractivity contribution in [2.75, 3.05) is 0 Å². The molecule has 0 saturated heterocycles. The van der Waals surface area contributed by atoms with Crippen LogP contribution in [0.4, 0.5) is 0 Å². The maximum absolute atomic E-state index is 5.00. The molecule has 0 radical (unpaired) electrons. The van der Waals surface area contributed by atoms with Crippen LogP contribution in [0.5, 0.6) is 0 Å². The fourth-order valence-corrected chi connectivity index (χ4v) is 4.87. The van der Waals surface area contributed by atoms with Crippen LogP contribution in [0, 0.1) is 5.92 Å². The number of aryl methyl sites for hydroxylation is 2. The Morgan fingerprint density at radius 2 is 1.84 bits per heavy atom. The molecule has 2 aliphatic rings. The van der Waals surface area contributed by atoms with Crippen LogP contribution in [0.15, 0.2) is 0 Å². The van der Waals surface area contributed by atoms with Gasteiger partial charge in [-0.05, 0) is 44.4 Å². The van der Waals surface area contributed by atoms with Crippen LogP contribution in [-0.2, 0) is 12.8 Å². The van der Waals surface area contributed by atoms with Crippen molar-refractivity contribution in [2.45, 2.75) is 77.3 Å². The molecule has 1 aromatic rings. The first kappa shape index (κ1) is 13.6. The molecule has 0 aromatic carbocycles. The van der Waals surface area contributed by atoms with Gasteiger partial charge in [0.15, 0.2) is 0 Å². The van der Waals surface area contributed by atoms with Gasteiger partial charge in [0, 0.05) is 10.9 Å². The minimum atomic E-state index is 0.512. The standard InChI is InChI=1S/C16H26N2S/c1-11(2)17-15(12-7-3-4-8-12)16-18-13-9-5-6-10-14(13)19-16/h11-12,15,17H,3-10H2,1-2H3. The molecule has 0 aliphatic heterocycles. The summed E-state index contributed by atoms with van der Waals surface area (Å²) < 4.78 is 0. The van der Waals surface area contributed by atoms with Gasteiger partial charge in [-0.2, -0.15) is 0 Å². The first-order valence-corrected chi connectivity index (χ1v) is 8.80. The molecule has 0 bridgehead atoms. The van der Waals surface area contributed by atoms with Gasteiger partial charge in [0.2, 0.25) is 0 Å². The molecule has 106 valence electrons. The van der Waals surface area contributed by atoms with E-state index in [1.165, 1.54) is 62.1 Å². The number of hydrogen-bond acceptors (Lipinski definition) is 3. The summed E-state index contributed by atoms with van der Waals surface area (Å²) in [6.07, 6.45) is 10.8. The molecule has 1 fully saturated rings. The molecule has 3 rings (SSSR count). The summed E-state index contributed by atoms with van der Waals surface area (Å²) in [4.78, 5) is 6.58. The minimum Gasteiger partial charge on any atom is -0.305 e. The second kappa shape index (κ2) is 5.92.